The van der Waals surface area contributed by atoms with Crippen LogP contribution in [0.1, 0.15) is 43.0 Å². The van der Waals surface area contributed by atoms with Crippen molar-refractivity contribution >= 4 is 27.9 Å². The number of benzene rings is 1. The summed E-state index contributed by atoms with van der Waals surface area (Å²) >= 11 is 1.66. The minimum atomic E-state index is -3.41. The lowest BCUT2D eigenvalue weighted by atomic mass is 10.2. The molecular weight excluding hydrogens is 382 g/mol. The van der Waals surface area contributed by atoms with Gasteiger partial charge in [-0.05, 0) is 30.7 Å². The Morgan fingerprint density at radius 1 is 0.926 bits per heavy atom. The van der Waals surface area contributed by atoms with Crippen LogP contribution in [0.5, 0.6) is 0 Å². The Hall–Kier alpha value is -1.09. The van der Waals surface area contributed by atoms with E-state index >= 15 is 0 Å². The summed E-state index contributed by atoms with van der Waals surface area (Å²) in [5, 5.41) is 0. The van der Waals surface area contributed by atoms with Crippen molar-refractivity contribution in [2.75, 3.05) is 45.0 Å². The van der Waals surface area contributed by atoms with Crippen LogP contribution < -0.4 is 0 Å². The van der Waals surface area contributed by atoms with Gasteiger partial charge >= 0.3 is 0 Å². The largest absolute Gasteiger partial charge is 0.336 e. The molecule has 6 nitrogen and oxygen atoms in total. The normalized spacial score (nSPS) is 20.4. The number of hydrogen-bond donors (Lipinski definition) is 0. The zero-order valence-electron chi connectivity index (χ0n) is 16.0. The topological polar surface area (TPSA) is 60.9 Å². The van der Waals surface area contributed by atoms with Gasteiger partial charge < -0.3 is 4.90 Å². The quantitative estimate of drug-likeness (QED) is 0.699. The Bertz CT molecular complexity index is 738. The van der Waals surface area contributed by atoms with E-state index in [2.05, 4.69) is 6.92 Å². The van der Waals surface area contributed by atoms with Gasteiger partial charge in [0.1, 0.15) is 0 Å². The maximum Gasteiger partial charge on any atom is 0.282 e. The molecule has 0 aliphatic carbocycles. The molecule has 0 spiro atoms. The van der Waals surface area contributed by atoms with Gasteiger partial charge in [-0.2, -0.15) is 17.0 Å². The molecule has 2 heterocycles. The van der Waals surface area contributed by atoms with E-state index in [1.807, 2.05) is 24.3 Å². The third kappa shape index (κ3) is 4.85. The van der Waals surface area contributed by atoms with Crippen molar-refractivity contribution in [2.45, 2.75) is 37.5 Å². The van der Waals surface area contributed by atoms with Crippen LogP contribution in [0.25, 0.3) is 0 Å². The number of piperazine rings is 1. The Morgan fingerprint density at radius 2 is 1.52 bits per heavy atom. The summed E-state index contributed by atoms with van der Waals surface area (Å²) in [4.78, 5) is 15.7. The number of thioether (sulfide) groups is 1. The number of carbonyl (C=O) groups excluding carboxylic acids is 1. The highest BCUT2D eigenvalue weighted by Gasteiger charge is 2.34. The van der Waals surface area contributed by atoms with Crippen LogP contribution in [-0.4, -0.2) is 72.9 Å². The summed E-state index contributed by atoms with van der Waals surface area (Å²) in [6.07, 6.45) is 4.07. The highest BCUT2D eigenvalue weighted by Crippen LogP contribution is 2.24. The highest BCUT2D eigenvalue weighted by molar-refractivity contribution is 7.99. The molecule has 0 radical (unpaired) electrons. The van der Waals surface area contributed by atoms with Gasteiger partial charge in [-0.1, -0.05) is 31.9 Å². The standard InChI is InChI=1S/C19H29N3O3S2/c1-2-26-18-10-6-5-9-17(18)19(23)20-13-15-22(16-14-20)27(24,25)21-11-7-3-4-8-12-21/h5-6,9-10H,2-4,7-8,11-16H2,1H3. The summed E-state index contributed by atoms with van der Waals surface area (Å²) in [7, 11) is -3.41. The lowest BCUT2D eigenvalue weighted by Gasteiger charge is -2.36. The van der Waals surface area contributed by atoms with Gasteiger partial charge in [0, 0.05) is 44.2 Å². The zero-order chi connectivity index (χ0) is 19.3. The second-order valence-electron chi connectivity index (χ2n) is 6.94. The second kappa shape index (κ2) is 9.41. The monoisotopic (exact) mass is 411 g/mol. The molecule has 3 rings (SSSR count). The maximum atomic E-state index is 12.9. The van der Waals surface area contributed by atoms with E-state index in [1.165, 1.54) is 0 Å². The Kier molecular flexibility index (Phi) is 7.19. The summed E-state index contributed by atoms with van der Waals surface area (Å²) < 4.78 is 29.0. The van der Waals surface area contributed by atoms with Crippen LogP contribution in [-0.2, 0) is 10.2 Å². The summed E-state index contributed by atoms with van der Waals surface area (Å²) in [6.45, 7) is 4.92. The van der Waals surface area contributed by atoms with Crippen molar-refractivity contribution in [3.8, 4) is 0 Å². The van der Waals surface area contributed by atoms with Crippen molar-refractivity contribution in [3.63, 3.8) is 0 Å². The SMILES string of the molecule is CCSc1ccccc1C(=O)N1CCN(S(=O)(=O)N2CCCCCC2)CC1. The molecule has 150 valence electrons. The van der Waals surface area contributed by atoms with Crippen LogP contribution in [0, 0.1) is 0 Å². The van der Waals surface area contributed by atoms with Gasteiger partial charge in [0.2, 0.25) is 0 Å². The number of hydrogen-bond acceptors (Lipinski definition) is 4. The van der Waals surface area contributed by atoms with E-state index in [0.717, 1.165) is 36.3 Å². The fraction of sp³-hybridized carbons (Fsp3) is 0.632. The Morgan fingerprint density at radius 3 is 2.15 bits per heavy atom. The summed E-state index contributed by atoms with van der Waals surface area (Å²) in [6, 6.07) is 7.66. The van der Waals surface area contributed by atoms with Crippen LogP contribution >= 0.6 is 11.8 Å². The molecule has 27 heavy (non-hydrogen) atoms. The predicted molar refractivity (Wildman–Crippen MR) is 109 cm³/mol. The van der Waals surface area contributed by atoms with Gasteiger partial charge in [-0.25, -0.2) is 0 Å². The van der Waals surface area contributed by atoms with Crippen molar-refractivity contribution in [1.82, 2.24) is 13.5 Å². The lowest BCUT2D eigenvalue weighted by Crippen LogP contribution is -2.54. The van der Waals surface area contributed by atoms with Gasteiger partial charge in [0.05, 0.1) is 5.56 Å². The van der Waals surface area contributed by atoms with E-state index in [-0.39, 0.29) is 5.91 Å². The van der Waals surface area contributed by atoms with Crippen LogP contribution in [0.15, 0.2) is 29.2 Å². The summed E-state index contributed by atoms with van der Waals surface area (Å²) in [5.41, 5.74) is 0.716. The van der Waals surface area contributed by atoms with E-state index in [0.29, 0.717) is 44.8 Å². The summed E-state index contributed by atoms with van der Waals surface area (Å²) in [5.74, 6) is 0.907. The van der Waals surface area contributed by atoms with Crippen molar-refractivity contribution in [1.29, 1.82) is 0 Å². The first-order chi connectivity index (χ1) is 13.0. The maximum absolute atomic E-state index is 12.9. The molecule has 1 aromatic carbocycles. The Labute approximate surface area is 167 Å². The molecule has 1 aromatic rings. The van der Waals surface area contributed by atoms with Crippen molar-refractivity contribution < 1.29 is 13.2 Å². The van der Waals surface area contributed by atoms with Gasteiger partial charge in [0.15, 0.2) is 0 Å². The average molecular weight is 412 g/mol. The van der Waals surface area contributed by atoms with Gasteiger partial charge in [0.25, 0.3) is 16.1 Å². The van der Waals surface area contributed by atoms with Crippen molar-refractivity contribution in [3.05, 3.63) is 29.8 Å². The van der Waals surface area contributed by atoms with E-state index < -0.39 is 10.2 Å². The molecule has 8 heteroatoms. The van der Waals surface area contributed by atoms with Crippen LogP contribution in [0.4, 0.5) is 0 Å². The number of carbonyl (C=O) groups is 1. The lowest BCUT2D eigenvalue weighted by molar-refractivity contribution is 0.0690. The van der Waals surface area contributed by atoms with Crippen molar-refractivity contribution in [2.24, 2.45) is 0 Å². The smallest absolute Gasteiger partial charge is 0.282 e. The fourth-order valence-electron chi connectivity index (χ4n) is 3.65. The van der Waals surface area contributed by atoms with Gasteiger partial charge in [-0.15, -0.1) is 11.8 Å². The third-order valence-electron chi connectivity index (χ3n) is 5.16. The van der Waals surface area contributed by atoms with Crippen LogP contribution in [0.2, 0.25) is 0 Å². The molecule has 0 atom stereocenters. The predicted octanol–water partition coefficient (Wildman–Crippen LogP) is 2.68. The molecule has 0 saturated carbocycles. The Balaban J connectivity index is 1.64. The van der Waals surface area contributed by atoms with E-state index in [4.69, 9.17) is 0 Å². The molecule has 0 aromatic heterocycles. The molecule has 0 bridgehead atoms. The first kappa shape index (κ1) is 20.6. The minimum Gasteiger partial charge on any atom is -0.336 e. The second-order valence-corrected chi connectivity index (χ2v) is 10.2. The molecule has 2 fully saturated rings. The van der Waals surface area contributed by atoms with Crippen LogP contribution in [0.3, 0.4) is 0 Å². The third-order valence-corrected chi connectivity index (χ3v) is 8.15. The molecule has 1 amide bonds. The average Bonchev–Trinajstić information content (AvgIpc) is 2.98. The number of nitrogens with zero attached hydrogens (tertiary/aromatic N) is 3. The van der Waals surface area contributed by atoms with E-state index in [1.54, 1.807) is 25.3 Å². The molecule has 2 saturated heterocycles. The van der Waals surface area contributed by atoms with E-state index in [9.17, 15) is 13.2 Å². The fourth-order valence-corrected chi connectivity index (χ4v) is 6.12. The molecule has 2 aliphatic heterocycles. The zero-order valence-corrected chi connectivity index (χ0v) is 17.6. The molecular formula is C19H29N3O3S2. The number of rotatable bonds is 5. The first-order valence-corrected chi connectivity index (χ1v) is 12.2. The molecule has 2 aliphatic rings. The first-order valence-electron chi connectivity index (χ1n) is 9.80. The minimum absolute atomic E-state index is 0.00151. The highest BCUT2D eigenvalue weighted by atomic mass is 32.2. The number of amides is 1. The molecule has 0 unspecified atom stereocenters. The van der Waals surface area contributed by atoms with Gasteiger partial charge in [-0.3, -0.25) is 4.79 Å². The molecule has 0 N–H and O–H groups in total.